The van der Waals surface area contributed by atoms with Crippen molar-refractivity contribution in [2.45, 2.75) is 19.4 Å². The van der Waals surface area contributed by atoms with Crippen LogP contribution >= 0.6 is 0 Å². The Kier molecular flexibility index (Phi) is 3.54. The van der Waals surface area contributed by atoms with Gasteiger partial charge < -0.3 is 14.9 Å². The van der Waals surface area contributed by atoms with E-state index in [1.165, 1.54) is 12.1 Å². The fourth-order valence-corrected chi connectivity index (χ4v) is 3.04. The summed E-state index contributed by atoms with van der Waals surface area (Å²) < 4.78 is 25.6. The molecule has 0 aliphatic carbocycles. The summed E-state index contributed by atoms with van der Waals surface area (Å²) in [6, 6.07) is 10.5. The summed E-state index contributed by atoms with van der Waals surface area (Å²) >= 11 is 0. The van der Waals surface area contributed by atoms with Crippen molar-refractivity contribution in [1.82, 2.24) is 10.2 Å². The van der Waals surface area contributed by atoms with Gasteiger partial charge in [0.15, 0.2) is 0 Å². The van der Waals surface area contributed by atoms with Crippen molar-refractivity contribution in [2.75, 3.05) is 6.54 Å². The van der Waals surface area contributed by atoms with E-state index in [-0.39, 0.29) is 11.9 Å². The van der Waals surface area contributed by atoms with E-state index in [1.807, 2.05) is 24.3 Å². The Morgan fingerprint density at radius 2 is 1.96 bits per heavy atom. The fraction of sp³-hybridized carbons (Fsp3) is 0.222. The maximum Gasteiger partial charge on any atom is 0.248 e. The summed E-state index contributed by atoms with van der Waals surface area (Å²) in [6.45, 7) is 2.12. The van der Waals surface area contributed by atoms with Gasteiger partial charge in [-0.3, -0.25) is 0 Å². The van der Waals surface area contributed by atoms with Crippen LogP contribution in [0, 0.1) is 12.7 Å². The third-order valence-corrected chi connectivity index (χ3v) is 4.10. The molecular formula is C18H16FN3O2. The van der Waals surface area contributed by atoms with Gasteiger partial charge >= 0.3 is 0 Å². The number of hydrogen-bond acceptors (Lipinski definition) is 5. The van der Waals surface area contributed by atoms with Crippen molar-refractivity contribution in [3.8, 4) is 28.3 Å². The third kappa shape index (κ3) is 2.45. The van der Waals surface area contributed by atoms with Gasteiger partial charge in [0, 0.05) is 36.6 Å². The lowest BCUT2D eigenvalue weighted by Crippen LogP contribution is -2.24. The second-order valence-electron chi connectivity index (χ2n) is 5.79. The topological polar surface area (TPSA) is 74.2 Å². The molecule has 0 bridgehead atoms. The van der Waals surface area contributed by atoms with Crippen LogP contribution in [0.15, 0.2) is 40.8 Å². The lowest BCUT2D eigenvalue weighted by atomic mass is 9.96. The molecule has 0 radical (unpaired) electrons. The lowest BCUT2D eigenvalue weighted by Gasteiger charge is -2.13. The summed E-state index contributed by atoms with van der Waals surface area (Å²) in [5.41, 5.74) is 8.74. The Balaban J connectivity index is 1.90. The summed E-state index contributed by atoms with van der Waals surface area (Å²) in [5, 5.41) is 7.95. The van der Waals surface area contributed by atoms with Gasteiger partial charge in [-0.25, -0.2) is 4.39 Å². The summed E-state index contributed by atoms with van der Waals surface area (Å²) in [5.74, 6) is 1.25. The molecule has 0 unspecified atom stereocenters. The molecule has 6 heteroatoms. The molecule has 1 aromatic heterocycles. The van der Waals surface area contributed by atoms with Crippen molar-refractivity contribution < 1.29 is 13.5 Å². The minimum atomic E-state index is -0.304. The van der Waals surface area contributed by atoms with Gasteiger partial charge in [-0.2, -0.15) is 0 Å². The summed E-state index contributed by atoms with van der Waals surface area (Å²) in [4.78, 5) is 0. The van der Waals surface area contributed by atoms with E-state index in [0.29, 0.717) is 36.1 Å². The molecule has 2 N–H and O–H groups in total. The summed E-state index contributed by atoms with van der Waals surface area (Å²) in [7, 11) is 0. The Hall–Kier alpha value is -2.73. The van der Waals surface area contributed by atoms with Crippen molar-refractivity contribution in [3.63, 3.8) is 0 Å². The van der Waals surface area contributed by atoms with Gasteiger partial charge in [-0.05, 0) is 23.8 Å². The predicted octanol–water partition coefficient (Wildman–Crippen LogP) is 3.11. The SMILES string of the molecule is Cc1nnc(-c2ccccc2-c2cc(F)cc3c2O[C@@H](CN)C3)o1. The van der Waals surface area contributed by atoms with Crippen LogP contribution in [0.3, 0.4) is 0 Å². The Morgan fingerprint density at radius 1 is 1.17 bits per heavy atom. The van der Waals surface area contributed by atoms with E-state index in [2.05, 4.69) is 10.2 Å². The zero-order valence-corrected chi connectivity index (χ0v) is 13.1. The molecule has 1 atom stereocenters. The Labute approximate surface area is 138 Å². The van der Waals surface area contributed by atoms with Crippen molar-refractivity contribution in [1.29, 1.82) is 0 Å². The first-order valence-corrected chi connectivity index (χ1v) is 7.74. The van der Waals surface area contributed by atoms with E-state index in [0.717, 1.165) is 16.7 Å². The van der Waals surface area contributed by atoms with E-state index in [1.54, 1.807) is 6.92 Å². The minimum Gasteiger partial charge on any atom is -0.488 e. The van der Waals surface area contributed by atoms with Crippen LogP contribution in [0.5, 0.6) is 5.75 Å². The van der Waals surface area contributed by atoms with Crippen molar-refractivity contribution in [3.05, 3.63) is 53.7 Å². The van der Waals surface area contributed by atoms with Crippen molar-refractivity contribution >= 4 is 0 Å². The van der Waals surface area contributed by atoms with Gasteiger partial charge in [0.1, 0.15) is 17.7 Å². The van der Waals surface area contributed by atoms with Crippen LogP contribution in [0.25, 0.3) is 22.6 Å². The molecular weight excluding hydrogens is 309 g/mol. The Morgan fingerprint density at radius 3 is 2.67 bits per heavy atom. The first-order chi connectivity index (χ1) is 11.7. The number of nitrogens with zero attached hydrogens (tertiary/aromatic N) is 2. The first kappa shape index (κ1) is 14.8. The normalized spacial score (nSPS) is 16.0. The second-order valence-corrected chi connectivity index (χ2v) is 5.79. The predicted molar refractivity (Wildman–Crippen MR) is 87.0 cm³/mol. The third-order valence-electron chi connectivity index (χ3n) is 4.10. The van der Waals surface area contributed by atoms with Gasteiger partial charge in [-0.1, -0.05) is 18.2 Å². The number of fused-ring (bicyclic) bond motifs is 1. The van der Waals surface area contributed by atoms with E-state index >= 15 is 0 Å². The number of benzene rings is 2. The highest BCUT2D eigenvalue weighted by molar-refractivity contribution is 5.84. The zero-order valence-electron chi connectivity index (χ0n) is 13.1. The highest BCUT2D eigenvalue weighted by Crippen LogP contribution is 2.42. The standard InChI is InChI=1S/C18H16FN3O2/c1-10-21-22-18(23-10)15-5-3-2-4-14(15)16-8-12(19)6-11-7-13(9-20)24-17(11)16/h2-6,8,13H,7,9,20H2,1H3/t13-/m1/s1. The number of halogens is 1. The first-order valence-electron chi connectivity index (χ1n) is 7.74. The monoisotopic (exact) mass is 325 g/mol. The molecule has 0 saturated heterocycles. The molecule has 24 heavy (non-hydrogen) atoms. The molecule has 1 aliphatic heterocycles. The average molecular weight is 325 g/mol. The molecule has 3 aromatic rings. The summed E-state index contributed by atoms with van der Waals surface area (Å²) in [6.07, 6.45) is 0.483. The fourth-order valence-electron chi connectivity index (χ4n) is 3.04. The van der Waals surface area contributed by atoms with Gasteiger partial charge in [0.05, 0.1) is 0 Å². The Bertz CT molecular complexity index is 907. The lowest BCUT2D eigenvalue weighted by molar-refractivity contribution is 0.242. The highest BCUT2D eigenvalue weighted by atomic mass is 19.1. The quantitative estimate of drug-likeness (QED) is 0.801. The molecule has 5 nitrogen and oxygen atoms in total. The van der Waals surface area contributed by atoms with Gasteiger partial charge in [0.25, 0.3) is 0 Å². The number of hydrogen-bond donors (Lipinski definition) is 1. The molecule has 0 fully saturated rings. The van der Waals surface area contributed by atoms with Gasteiger partial charge in [0.2, 0.25) is 11.8 Å². The molecule has 4 rings (SSSR count). The average Bonchev–Trinajstić information content (AvgIpc) is 3.20. The maximum absolute atomic E-state index is 14.1. The van der Waals surface area contributed by atoms with Crippen molar-refractivity contribution in [2.24, 2.45) is 5.73 Å². The van der Waals surface area contributed by atoms with Crippen LogP contribution in [0.1, 0.15) is 11.5 Å². The second kappa shape index (κ2) is 5.72. The molecule has 0 saturated carbocycles. The molecule has 1 aliphatic rings. The number of aromatic nitrogens is 2. The van der Waals surface area contributed by atoms with E-state index < -0.39 is 0 Å². The van der Waals surface area contributed by atoms with E-state index in [4.69, 9.17) is 14.9 Å². The molecule has 0 amide bonds. The largest absolute Gasteiger partial charge is 0.488 e. The molecule has 122 valence electrons. The van der Waals surface area contributed by atoms with Crippen LogP contribution in [0.4, 0.5) is 4.39 Å². The number of nitrogens with two attached hydrogens (primary N) is 1. The van der Waals surface area contributed by atoms with Crippen LogP contribution in [-0.2, 0) is 6.42 Å². The van der Waals surface area contributed by atoms with Crippen LogP contribution in [0.2, 0.25) is 0 Å². The molecule has 0 spiro atoms. The van der Waals surface area contributed by atoms with E-state index in [9.17, 15) is 4.39 Å². The zero-order chi connectivity index (χ0) is 16.7. The number of ether oxygens (including phenoxy) is 1. The minimum absolute atomic E-state index is 0.127. The van der Waals surface area contributed by atoms with Gasteiger partial charge in [-0.15, -0.1) is 10.2 Å². The highest BCUT2D eigenvalue weighted by Gasteiger charge is 2.27. The number of aryl methyl sites for hydroxylation is 1. The number of rotatable bonds is 3. The molecule has 2 aromatic carbocycles. The van der Waals surface area contributed by atoms with Crippen LogP contribution < -0.4 is 10.5 Å². The maximum atomic E-state index is 14.1. The van der Waals surface area contributed by atoms with Crippen LogP contribution in [-0.4, -0.2) is 22.8 Å². The molecule has 2 heterocycles. The smallest absolute Gasteiger partial charge is 0.248 e.